The predicted molar refractivity (Wildman–Crippen MR) is 122 cm³/mol. The van der Waals surface area contributed by atoms with Crippen molar-refractivity contribution in [1.82, 2.24) is 10.2 Å². The molecular formula is C26H34N2O3. The molecule has 0 bridgehead atoms. The van der Waals surface area contributed by atoms with Gasteiger partial charge in [0.2, 0.25) is 5.91 Å². The molecule has 1 atom stereocenters. The molecule has 166 valence electrons. The minimum Gasteiger partial charge on any atom is -0.457 e. The zero-order valence-electron chi connectivity index (χ0n) is 18.3. The largest absolute Gasteiger partial charge is 0.457 e. The summed E-state index contributed by atoms with van der Waals surface area (Å²) in [7, 11) is 0. The zero-order chi connectivity index (χ0) is 21.3. The number of carbonyl (C=O) groups is 1. The molecule has 2 aromatic carbocycles. The number of hydrogen-bond donors (Lipinski definition) is 1. The lowest BCUT2D eigenvalue weighted by atomic mass is 9.92. The molecule has 5 heteroatoms. The van der Waals surface area contributed by atoms with Gasteiger partial charge in [-0.25, -0.2) is 0 Å². The first-order valence-electron chi connectivity index (χ1n) is 11.7. The Morgan fingerprint density at radius 1 is 1.03 bits per heavy atom. The van der Waals surface area contributed by atoms with Gasteiger partial charge < -0.3 is 14.8 Å². The van der Waals surface area contributed by atoms with Gasteiger partial charge in [0.25, 0.3) is 0 Å². The normalized spacial score (nSPS) is 19.9. The van der Waals surface area contributed by atoms with Gasteiger partial charge in [-0.3, -0.25) is 9.69 Å². The summed E-state index contributed by atoms with van der Waals surface area (Å²) in [6, 6.07) is 18.3. The fraction of sp³-hybridized carbons (Fsp3) is 0.500. The molecule has 0 spiro atoms. The van der Waals surface area contributed by atoms with E-state index >= 15 is 0 Å². The minimum absolute atomic E-state index is 0.174. The van der Waals surface area contributed by atoms with E-state index in [0.29, 0.717) is 18.9 Å². The van der Waals surface area contributed by atoms with E-state index in [1.165, 1.54) is 18.4 Å². The first-order chi connectivity index (χ1) is 15.2. The second-order valence-electron chi connectivity index (χ2n) is 8.76. The summed E-state index contributed by atoms with van der Waals surface area (Å²) >= 11 is 0. The van der Waals surface area contributed by atoms with Crippen LogP contribution >= 0.6 is 0 Å². The molecular weight excluding hydrogens is 388 g/mol. The Hall–Kier alpha value is -2.37. The number of benzene rings is 2. The summed E-state index contributed by atoms with van der Waals surface area (Å²) in [4.78, 5) is 14.6. The number of ether oxygens (including phenoxy) is 2. The molecule has 2 aliphatic heterocycles. The van der Waals surface area contributed by atoms with Crippen molar-refractivity contribution in [3.05, 3.63) is 60.2 Å². The average molecular weight is 423 g/mol. The molecule has 2 heterocycles. The van der Waals surface area contributed by atoms with E-state index in [-0.39, 0.29) is 12.0 Å². The van der Waals surface area contributed by atoms with Gasteiger partial charge in [-0.2, -0.15) is 0 Å². The number of amides is 1. The van der Waals surface area contributed by atoms with Gasteiger partial charge in [0.15, 0.2) is 0 Å². The molecule has 0 aromatic heterocycles. The van der Waals surface area contributed by atoms with E-state index in [1.807, 2.05) is 36.4 Å². The fourth-order valence-electron chi connectivity index (χ4n) is 4.48. The van der Waals surface area contributed by atoms with E-state index < -0.39 is 0 Å². The van der Waals surface area contributed by atoms with Gasteiger partial charge in [0.05, 0.1) is 6.10 Å². The first kappa shape index (κ1) is 21.8. The van der Waals surface area contributed by atoms with Crippen LogP contribution in [0.3, 0.4) is 0 Å². The maximum Gasteiger partial charge on any atom is 0.220 e. The molecule has 0 aliphatic carbocycles. The second kappa shape index (κ2) is 11.3. The van der Waals surface area contributed by atoms with Gasteiger partial charge in [0.1, 0.15) is 11.5 Å². The van der Waals surface area contributed by atoms with Crippen LogP contribution in [-0.2, 0) is 16.1 Å². The van der Waals surface area contributed by atoms with Crippen molar-refractivity contribution in [2.45, 2.75) is 51.2 Å². The van der Waals surface area contributed by atoms with Crippen LogP contribution in [0.5, 0.6) is 11.5 Å². The highest BCUT2D eigenvalue weighted by atomic mass is 16.5. The van der Waals surface area contributed by atoms with Crippen molar-refractivity contribution in [2.24, 2.45) is 5.92 Å². The van der Waals surface area contributed by atoms with Crippen LogP contribution in [0.2, 0.25) is 0 Å². The molecule has 0 radical (unpaired) electrons. The average Bonchev–Trinajstić information content (AvgIpc) is 3.32. The van der Waals surface area contributed by atoms with Crippen LogP contribution < -0.4 is 10.1 Å². The minimum atomic E-state index is 0.174. The van der Waals surface area contributed by atoms with Crippen molar-refractivity contribution < 1.29 is 14.3 Å². The van der Waals surface area contributed by atoms with Crippen LogP contribution in [0, 0.1) is 5.92 Å². The Balaban J connectivity index is 1.15. The number of carbonyl (C=O) groups excluding carboxylic acids is 1. The first-order valence-corrected chi connectivity index (χ1v) is 11.7. The number of hydrogen-bond acceptors (Lipinski definition) is 4. The van der Waals surface area contributed by atoms with Gasteiger partial charge >= 0.3 is 0 Å². The summed E-state index contributed by atoms with van der Waals surface area (Å²) in [5, 5.41) is 3.04. The van der Waals surface area contributed by atoms with Crippen molar-refractivity contribution in [2.75, 3.05) is 26.2 Å². The van der Waals surface area contributed by atoms with E-state index in [0.717, 1.165) is 57.0 Å². The number of nitrogens with one attached hydrogen (secondary N) is 1. The van der Waals surface area contributed by atoms with Crippen LogP contribution in [0.15, 0.2) is 54.6 Å². The standard InChI is InChI=1S/C26H34N2O3/c29-26(27-19-25-10-5-17-30-25)12-11-21-13-15-28(16-14-21)20-22-6-4-9-24(18-22)31-23-7-2-1-3-8-23/h1-4,6-9,18,21,25H,5,10-17,19-20H2,(H,27,29). The predicted octanol–water partition coefficient (Wildman–Crippen LogP) is 4.77. The summed E-state index contributed by atoms with van der Waals surface area (Å²) in [6.45, 7) is 4.63. The molecule has 0 saturated carbocycles. The molecule has 2 saturated heterocycles. The lowest BCUT2D eigenvalue weighted by molar-refractivity contribution is -0.122. The molecule has 4 rings (SSSR count). The summed E-state index contributed by atoms with van der Waals surface area (Å²) in [5.41, 5.74) is 1.28. The Morgan fingerprint density at radius 3 is 2.61 bits per heavy atom. The highest BCUT2D eigenvalue weighted by molar-refractivity contribution is 5.75. The molecule has 2 fully saturated rings. The third kappa shape index (κ3) is 7.08. The zero-order valence-corrected chi connectivity index (χ0v) is 18.3. The summed E-state index contributed by atoms with van der Waals surface area (Å²) < 4.78 is 11.5. The van der Waals surface area contributed by atoms with Gasteiger partial charge in [-0.15, -0.1) is 0 Å². The molecule has 1 unspecified atom stereocenters. The molecule has 2 aromatic rings. The van der Waals surface area contributed by atoms with Crippen LogP contribution in [0.1, 0.15) is 44.1 Å². The number of likely N-dealkylation sites (tertiary alicyclic amines) is 1. The van der Waals surface area contributed by atoms with Gasteiger partial charge in [-0.05, 0) is 80.9 Å². The van der Waals surface area contributed by atoms with Crippen LogP contribution in [0.25, 0.3) is 0 Å². The summed E-state index contributed by atoms with van der Waals surface area (Å²) in [5.74, 6) is 2.57. The molecule has 31 heavy (non-hydrogen) atoms. The Bertz CT molecular complexity index is 812. The van der Waals surface area contributed by atoms with Crippen molar-refractivity contribution in [3.63, 3.8) is 0 Å². The SMILES string of the molecule is O=C(CCC1CCN(Cc2cccc(Oc3ccccc3)c2)CC1)NCC1CCCO1. The lowest BCUT2D eigenvalue weighted by Crippen LogP contribution is -2.34. The fourth-order valence-corrected chi connectivity index (χ4v) is 4.48. The van der Waals surface area contributed by atoms with E-state index in [2.05, 4.69) is 28.4 Å². The van der Waals surface area contributed by atoms with E-state index in [4.69, 9.17) is 9.47 Å². The quantitative estimate of drug-likeness (QED) is 0.633. The van der Waals surface area contributed by atoms with E-state index in [1.54, 1.807) is 0 Å². The second-order valence-corrected chi connectivity index (χ2v) is 8.76. The van der Waals surface area contributed by atoms with Crippen LogP contribution in [0.4, 0.5) is 0 Å². The summed E-state index contributed by atoms with van der Waals surface area (Å²) in [6.07, 6.45) is 6.37. The molecule has 1 N–H and O–H groups in total. The molecule has 5 nitrogen and oxygen atoms in total. The third-order valence-electron chi connectivity index (χ3n) is 6.32. The monoisotopic (exact) mass is 422 g/mol. The number of rotatable bonds is 9. The Kier molecular flexibility index (Phi) is 7.97. The highest BCUT2D eigenvalue weighted by Crippen LogP contribution is 2.25. The maximum atomic E-state index is 12.1. The van der Waals surface area contributed by atoms with Crippen LogP contribution in [-0.4, -0.2) is 43.2 Å². The smallest absolute Gasteiger partial charge is 0.220 e. The van der Waals surface area contributed by atoms with E-state index in [9.17, 15) is 4.79 Å². The van der Waals surface area contributed by atoms with Gasteiger partial charge in [0, 0.05) is 26.1 Å². The van der Waals surface area contributed by atoms with Crippen molar-refractivity contribution in [1.29, 1.82) is 0 Å². The lowest BCUT2D eigenvalue weighted by Gasteiger charge is -2.32. The maximum absolute atomic E-state index is 12.1. The third-order valence-corrected chi connectivity index (χ3v) is 6.32. The van der Waals surface area contributed by atoms with Crippen molar-refractivity contribution >= 4 is 5.91 Å². The topological polar surface area (TPSA) is 50.8 Å². The molecule has 2 aliphatic rings. The molecule has 1 amide bonds. The number of para-hydroxylation sites is 1. The highest BCUT2D eigenvalue weighted by Gasteiger charge is 2.21. The number of piperidine rings is 1. The Labute approximate surface area is 185 Å². The van der Waals surface area contributed by atoms with Crippen molar-refractivity contribution in [3.8, 4) is 11.5 Å². The number of nitrogens with zero attached hydrogens (tertiary/aromatic N) is 1. The Morgan fingerprint density at radius 2 is 1.84 bits per heavy atom. The van der Waals surface area contributed by atoms with Gasteiger partial charge in [-0.1, -0.05) is 30.3 Å².